The number of thiophene rings is 1. The Morgan fingerprint density at radius 1 is 1.44 bits per heavy atom. The predicted molar refractivity (Wildman–Crippen MR) is 69.1 cm³/mol. The second-order valence-electron chi connectivity index (χ2n) is 4.56. The van der Waals surface area contributed by atoms with Crippen molar-refractivity contribution in [3.63, 3.8) is 0 Å². The Morgan fingerprint density at radius 3 is 2.44 bits per heavy atom. The largest absolute Gasteiger partial charge is 0.479 e. The van der Waals surface area contributed by atoms with Gasteiger partial charge in [0.15, 0.2) is 6.04 Å². The van der Waals surface area contributed by atoms with Crippen LogP contribution in [0.4, 0.5) is 4.79 Å². The minimum atomic E-state index is -1.17. The summed E-state index contributed by atoms with van der Waals surface area (Å²) in [5.41, 5.74) is -0.680. The standard InChI is InChI=1S/C11H14ClNO4S/c1-11(2,3)17-10(16)13-8(9(14)15)6-4-5-7(12)18-6/h4-5,8H,1-3H3,(H,13,16)(H,14,15)/t8-/m0/s1. The third-order valence-corrected chi connectivity index (χ3v) is 3.08. The number of alkyl carbamates (subject to hydrolysis) is 1. The third-order valence-electron chi connectivity index (χ3n) is 1.79. The molecule has 0 saturated carbocycles. The maximum Gasteiger partial charge on any atom is 0.408 e. The Hall–Kier alpha value is -1.27. The van der Waals surface area contributed by atoms with Crippen LogP contribution in [0.25, 0.3) is 0 Å². The van der Waals surface area contributed by atoms with Crippen LogP contribution in [0, 0.1) is 0 Å². The summed E-state index contributed by atoms with van der Waals surface area (Å²) in [6.45, 7) is 5.10. The van der Waals surface area contributed by atoms with Crippen LogP contribution in [0.2, 0.25) is 4.34 Å². The first-order valence-electron chi connectivity index (χ1n) is 5.16. The highest BCUT2D eigenvalue weighted by Gasteiger charge is 2.26. The van der Waals surface area contributed by atoms with E-state index in [9.17, 15) is 9.59 Å². The molecule has 0 bridgehead atoms. The SMILES string of the molecule is CC(C)(C)OC(=O)N[C@H](C(=O)O)c1ccc(Cl)s1. The fraction of sp³-hybridized carbons (Fsp3) is 0.455. The smallest absolute Gasteiger partial charge is 0.408 e. The lowest BCUT2D eigenvalue weighted by Crippen LogP contribution is -2.37. The van der Waals surface area contributed by atoms with Crippen molar-refractivity contribution in [2.75, 3.05) is 0 Å². The van der Waals surface area contributed by atoms with Crippen molar-refractivity contribution in [1.82, 2.24) is 5.32 Å². The Balaban J connectivity index is 2.76. The van der Waals surface area contributed by atoms with E-state index >= 15 is 0 Å². The molecule has 18 heavy (non-hydrogen) atoms. The van der Waals surface area contributed by atoms with Gasteiger partial charge in [-0.1, -0.05) is 11.6 Å². The van der Waals surface area contributed by atoms with E-state index in [1.807, 2.05) is 0 Å². The van der Waals surface area contributed by atoms with Crippen molar-refractivity contribution in [1.29, 1.82) is 0 Å². The van der Waals surface area contributed by atoms with E-state index in [2.05, 4.69) is 5.32 Å². The van der Waals surface area contributed by atoms with E-state index in [1.54, 1.807) is 32.9 Å². The first kappa shape index (κ1) is 14.8. The molecule has 1 aromatic rings. The molecule has 0 unspecified atom stereocenters. The summed E-state index contributed by atoms with van der Waals surface area (Å²) in [4.78, 5) is 23.1. The van der Waals surface area contributed by atoms with Crippen LogP contribution in [-0.2, 0) is 9.53 Å². The molecule has 0 saturated heterocycles. The number of hydrogen-bond donors (Lipinski definition) is 2. The number of amides is 1. The van der Waals surface area contributed by atoms with E-state index in [0.717, 1.165) is 11.3 Å². The summed E-state index contributed by atoms with van der Waals surface area (Å²) in [5.74, 6) is -1.17. The van der Waals surface area contributed by atoms with Gasteiger partial charge in [0, 0.05) is 4.88 Å². The van der Waals surface area contributed by atoms with Crippen molar-refractivity contribution in [2.24, 2.45) is 0 Å². The fourth-order valence-electron chi connectivity index (χ4n) is 1.16. The number of carbonyl (C=O) groups excluding carboxylic acids is 1. The van der Waals surface area contributed by atoms with Crippen molar-refractivity contribution in [2.45, 2.75) is 32.4 Å². The molecular weight excluding hydrogens is 278 g/mol. The molecule has 1 heterocycles. The van der Waals surface area contributed by atoms with Gasteiger partial charge in [-0.2, -0.15) is 0 Å². The summed E-state index contributed by atoms with van der Waals surface area (Å²) in [6, 6.07) is 1.98. The molecule has 0 fully saturated rings. The maximum absolute atomic E-state index is 11.5. The first-order valence-corrected chi connectivity index (χ1v) is 6.36. The van der Waals surface area contributed by atoms with Crippen molar-refractivity contribution in [3.8, 4) is 0 Å². The Morgan fingerprint density at radius 2 is 2.06 bits per heavy atom. The molecule has 0 radical (unpaired) electrons. The molecule has 0 aliphatic carbocycles. The van der Waals surface area contributed by atoms with Crippen LogP contribution in [0.5, 0.6) is 0 Å². The van der Waals surface area contributed by atoms with E-state index in [4.69, 9.17) is 21.4 Å². The van der Waals surface area contributed by atoms with Gasteiger partial charge in [-0.05, 0) is 32.9 Å². The van der Waals surface area contributed by atoms with Crippen LogP contribution in [-0.4, -0.2) is 22.8 Å². The number of halogens is 1. The number of carboxylic acid groups (broad SMARTS) is 1. The monoisotopic (exact) mass is 291 g/mol. The first-order chi connectivity index (χ1) is 8.19. The van der Waals surface area contributed by atoms with Gasteiger partial charge >= 0.3 is 12.1 Å². The van der Waals surface area contributed by atoms with E-state index in [-0.39, 0.29) is 0 Å². The molecule has 1 amide bonds. The lowest BCUT2D eigenvalue weighted by Gasteiger charge is -2.21. The molecule has 5 nitrogen and oxygen atoms in total. The van der Waals surface area contributed by atoms with E-state index in [0.29, 0.717) is 9.21 Å². The van der Waals surface area contributed by atoms with E-state index in [1.165, 1.54) is 0 Å². The lowest BCUT2D eigenvalue weighted by molar-refractivity contribution is -0.139. The van der Waals surface area contributed by atoms with Gasteiger partial charge in [0.05, 0.1) is 4.34 Å². The van der Waals surface area contributed by atoms with Gasteiger partial charge < -0.3 is 15.2 Å². The minimum absolute atomic E-state index is 0.443. The topological polar surface area (TPSA) is 75.6 Å². The summed E-state index contributed by atoms with van der Waals surface area (Å²) < 4.78 is 5.47. The van der Waals surface area contributed by atoms with Crippen LogP contribution in [0.15, 0.2) is 12.1 Å². The minimum Gasteiger partial charge on any atom is -0.479 e. The van der Waals surface area contributed by atoms with E-state index < -0.39 is 23.7 Å². The van der Waals surface area contributed by atoms with Crippen LogP contribution in [0.3, 0.4) is 0 Å². The average molecular weight is 292 g/mol. The number of carboxylic acids is 1. The van der Waals surface area contributed by atoms with Crippen LogP contribution in [0.1, 0.15) is 31.7 Å². The molecule has 0 aromatic carbocycles. The van der Waals surface area contributed by atoms with Crippen molar-refractivity contribution < 1.29 is 19.4 Å². The number of aliphatic carboxylic acids is 1. The molecule has 2 N–H and O–H groups in total. The molecule has 100 valence electrons. The molecular formula is C11H14ClNO4S. The second-order valence-corrected chi connectivity index (χ2v) is 6.31. The van der Waals surface area contributed by atoms with Gasteiger partial charge in [-0.3, -0.25) is 0 Å². The normalized spacial score (nSPS) is 12.9. The van der Waals surface area contributed by atoms with Crippen molar-refractivity contribution in [3.05, 3.63) is 21.3 Å². The van der Waals surface area contributed by atoms with Gasteiger partial charge in [0.25, 0.3) is 0 Å². The Bertz CT molecular complexity index is 452. The summed E-state index contributed by atoms with van der Waals surface area (Å²) in [5, 5.41) is 11.4. The zero-order valence-corrected chi connectivity index (χ0v) is 11.8. The zero-order chi connectivity index (χ0) is 13.9. The fourth-order valence-corrected chi connectivity index (χ4v) is 2.27. The zero-order valence-electron chi connectivity index (χ0n) is 10.2. The number of carbonyl (C=O) groups is 2. The highest BCUT2D eigenvalue weighted by Crippen LogP contribution is 2.27. The third kappa shape index (κ3) is 4.54. The molecule has 1 atom stereocenters. The Kier molecular flexibility index (Phi) is 4.59. The number of rotatable bonds is 3. The lowest BCUT2D eigenvalue weighted by atomic mass is 10.2. The Labute approximate surface area is 114 Å². The number of nitrogens with one attached hydrogen (secondary N) is 1. The van der Waals surface area contributed by atoms with Crippen molar-refractivity contribution >= 4 is 35.0 Å². The summed E-state index contributed by atoms with van der Waals surface area (Å²) in [7, 11) is 0. The predicted octanol–water partition coefficient (Wildman–Crippen LogP) is 3.05. The molecule has 7 heteroatoms. The number of hydrogen-bond acceptors (Lipinski definition) is 4. The van der Waals surface area contributed by atoms with Gasteiger partial charge in [0.2, 0.25) is 0 Å². The average Bonchev–Trinajstić information content (AvgIpc) is 2.57. The second kappa shape index (κ2) is 5.58. The van der Waals surface area contributed by atoms with Gasteiger partial charge in [-0.15, -0.1) is 11.3 Å². The highest BCUT2D eigenvalue weighted by molar-refractivity contribution is 7.16. The molecule has 1 rings (SSSR count). The molecule has 0 spiro atoms. The molecule has 1 aromatic heterocycles. The van der Waals surface area contributed by atoms with Crippen LogP contribution >= 0.6 is 22.9 Å². The number of ether oxygens (including phenoxy) is 1. The van der Waals surface area contributed by atoms with Crippen LogP contribution < -0.4 is 5.32 Å². The molecule has 0 aliphatic rings. The molecule has 0 aliphatic heterocycles. The van der Waals surface area contributed by atoms with Gasteiger partial charge in [-0.25, -0.2) is 9.59 Å². The summed E-state index contributed by atoms with van der Waals surface area (Å²) >= 11 is 6.83. The quantitative estimate of drug-likeness (QED) is 0.897. The highest BCUT2D eigenvalue weighted by atomic mass is 35.5. The summed E-state index contributed by atoms with van der Waals surface area (Å²) in [6.07, 6.45) is -0.778. The van der Waals surface area contributed by atoms with Gasteiger partial charge in [0.1, 0.15) is 5.60 Å². The maximum atomic E-state index is 11.5.